The van der Waals surface area contributed by atoms with Crippen molar-refractivity contribution in [2.75, 3.05) is 0 Å². The van der Waals surface area contributed by atoms with Gasteiger partial charge in [-0.25, -0.2) is 9.67 Å². The highest BCUT2D eigenvalue weighted by atomic mass is 19.4. The highest BCUT2D eigenvalue weighted by Crippen LogP contribution is 2.38. The Labute approximate surface area is 259 Å². The summed E-state index contributed by atoms with van der Waals surface area (Å²) in [5.74, 6) is -0.450. The molecule has 0 saturated heterocycles. The van der Waals surface area contributed by atoms with Crippen molar-refractivity contribution in [3.05, 3.63) is 138 Å². The van der Waals surface area contributed by atoms with Crippen molar-refractivity contribution in [3.8, 4) is 40.1 Å². The van der Waals surface area contributed by atoms with E-state index in [4.69, 9.17) is 14.5 Å². The molecule has 0 unspecified atom stereocenters. The maximum absolute atomic E-state index is 14.9. The Kier molecular flexibility index (Phi) is 7.95. The molecule has 0 aliphatic carbocycles. The van der Waals surface area contributed by atoms with Gasteiger partial charge in [-0.2, -0.15) is 32.0 Å². The number of halogens is 5. The highest BCUT2D eigenvalue weighted by Gasteiger charge is 2.34. The number of alkyl halides is 3. The van der Waals surface area contributed by atoms with E-state index in [2.05, 4.69) is 15.1 Å². The van der Waals surface area contributed by atoms with Crippen LogP contribution in [0.15, 0.2) is 109 Å². The van der Waals surface area contributed by atoms with Crippen molar-refractivity contribution >= 4 is 0 Å². The molecular formula is C34H24F5N5O2. The maximum atomic E-state index is 14.9. The molecule has 0 radical (unpaired) electrons. The second-order valence-corrected chi connectivity index (χ2v) is 10.7. The van der Waals surface area contributed by atoms with Gasteiger partial charge in [0.1, 0.15) is 23.0 Å². The molecule has 232 valence electrons. The average molecular weight is 630 g/mol. The van der Waals surface area contributed by atoms with Gasteiger partial charge in [-0.15, -0.1) is 0 Å². The predicted octanol–water partition coefficient (Wildman–Crippen LogP) is 8.93. The summed E-state index contributed by atoms with van der Waals surface area (Å²) >= 11 is 0. The Morgan fingerprint density at radius 3 is 1.76 bits per heavy atom. The van der Waals surface area contributed by atoms with Crippen LogP contribution >= 0.6 is 0 Å². The third kappa shape index (κ3) is 6.55. The summed E-state index contributed by atoms with van der Waals surface area (Å²) in [5.41, 5.74) is -1.43. The minimum atomic E-state index is -4.66. The normalized spacial score (nSPS) is 11.8. The molecule has 4 aromatic heterocycles. The smallest absolute Gasteiger partial charge is 0.435 e. The molecule has 0 atom stereocenters. The highest BCUT2D eigenvalue weighted by molar-refractivity contribution is 5.62. The number of rotatable bonds is 8. The Balaban J connectivity index is 1.50. The second-order valence-electron chi connectivity index (χ2n) is 10.7. The molecule has 46 heavy (non-hydrogen) atoms. The first kappa shape index (κ1) is 30.4. The van der Waals surface area contributed by atoms with Crippen LogP contribution < -0.4 is 9.47 Å². The molecule has 0 saturated carbocycles. The monoisotopic (exact) mass is 629 g/mol. The molecule has 0 aliphatic rings. The first-order chi connectivity index (χ1) is 22.0. The van der Waals surface area contributed by atoms with Gasteiger partial charge in [0.05, 0.1) is 22.6 Å². The van der Waals surface area contributed by atoms with Gasteiger partial charge in [0.25, 0.3) is 0 Å². The number of benzene rings is 2. The molecule has 6 rings (SSSR count). The van der Waals surface area contributed by atoms with Crippen LogP contribution in [0.4, 0.5) is 22.0 Å². The second kappa shape index (κ2) is 12.0. The van der Waals surface area contributed by atoms with E-state index in [1.807, 2.05) is 12.1 Å². The molecule has 4 heterocycles. The third-order valence-electron chi connectivity index (χ3n) is 7.03. The van der Waals surface area contributed by atoms with Crippen molar-refractivity contribution in [3.63, 3.8) is 0 Å². The van der Waals surface area contributed by atoms with E-state index in [1.165, 1.54) is 18.2 Å². The molecule has 0 aliphatic heterocycles. The first-order valence-electron chi connectivity index (χ1n) is 13.9. The summed E-state index contributed by atoms with van der Waals surface area (Å²) in [4.78, 5) is 12.7. The van der Waals surface area contributed by atoms with Crippen molar-refractivity contribution in [1.82, 2.24) is 24.7 Å². The number of hydrogen-bond acceptors (Lipinski definition) is 6. The van der Waals surface area contributed by atoms with Crippen LogP contribution in [-0.4, -0.2) is 24.7 Å². The van der Waals surface area contributed by atoms with Crippen LogP contribution in [0.2, 0.25) is 0 Å². The fourth-order valence-electron chi connectivity index (χ4n) is 4.60. The fraction of sp³-hybridized carbons (Fsp3) is 0.118. The minimum Gasteiger partial charge on any atom is -0.457 e. The van der Waals surface area contributed by atoms with Gasteiger partial charge in [-0.1, -0.05) is 36.4 Å². The minimum absolute atomic E-state index is 0.0534. The number of hydrogen-bond donors (Lipinski definition) is 0. The van der Waals surface area contributed by atoms with Gasteiger partial charge >= 0.3 is 6.18 Å². The molecule has 2 aromatic carbocycles. The molecule has 0 N–H and O–H groups in total. The van der Waals surface area contributed by atoms with Crippen molar-refractivity contribution < 1.29 is 31.4 Å². The van der Waals surface area contributed by atoms with Gasteiger partial charge in [0.15, 0.2) is 11.5 Å². The number of para-hydroxylation sites is 2. The van der Waals surface area contributed by atoms with Crippen LogP contribution in [0.5, 0.6) is 23.0 Å². The Morgan fingerprint density at radius 1 is 0.609 bits per heavy atom. The van der Waals surface area contributed by atoms with E-state index in [1.54, 1.807) is 74.5 Å². The predicted molar refractivity (Wildman–Crippen MR) is 159 cm³/mol. The zero-order valence-electron chi connectivity index (χ0n) is 24.3. The average Bonchev–Trinajstić information content (AvgIpc) is 3.54. The van der Waals surface area contributed by atoms with Crippen LogP contribution in [0.3, 0.4) is 0 Å². The molecule has 0 fully saturated rings. The van der Waals surface area contributed by atoms with Gasteiger partial charge in [0.2, 0.25) is 11.9 Å². The lowest BCUT2D eigenvalue weighted by Gasteiger charge is -2.26. The summed E-state index contributed by atoms with van der Waals surface area (Å²) in [5, 5.41) is 3.69. The van der Waals surface area contributed by atoms with E-state index in [0.717, 1.165) is 23.0 Å². The zero-order chi connectivity index (χ0) is 32.5. The number of pyridine rings is 3. The summed E-state index contributed by atoms with van der Waals surface area (Å²) in [6.07, 6.45) is -3.50. The lowest BCUT2D eigenvalue weighted by atomic mass is 9.84. The number of aromatic nitrogens is 5. The van der Waals surface area contributed by atoms with Crippen molar-refractivity contribution in [2.24, 2.45) is 0 Å². The van der Waals surface area contributed by atoms with Crippen LogP contribution in [0.1, 0.15) is 30.9 Å². The quantitative estimate of drug-likeness (QED) is 0.124. The summed E-state index contributed by atoms with van der Waals surface area (Å²) in [7, 11) is 0. The fourth-order valence-corrected chi connectivity index (χ4v) is 4.60. The van der Waals surface area contributed by atoms with Gasteiger partial charge in [0, 0.05) is 35.9 Å². The van der Waals surface area contributed by atoms with Crippen LogP contribution in [-0.2, 0) is 11.6 Å². The van der Waals surface area contributed by atoms with Gasteiger partial charge in [-0.3, -0.25) is 4.98 Å². The topological polar surface area (TPSA) is 75.0 Å². The Bertz CT molecular complexity index is 2000. The van der Waals surface area contributed by atoms with E-state index in [0.29, 0.717) is 28.6 Å². The largest absolute Gasteiger partial charge is 0.457 e. The number of nitrogens with zero attached hydrogens (tertiary/aromatic N) is 5. The Hall–Kier alpha value is -5.65. The van der Waals surface area contributed by atoms with Crippen molar-refractivity contribution in [2.45, 2.75) is 25.4 Å². The van der Waals surface area contributed by atoms with Crippen LogP contribution in [0.25, 0.3) is 17.1 Å². The van der Waals surface area contributed by atoms with E-state index >= 15 is 0 Å². The maximum Gasteiger partial charge on any atom is 0.435 e. The summed E-state index contributed by atoms with van der Waals surface area (Å²) in [6, 6.07) is 27.0. The lowest BCUT2D eigenvalue weighted by molar-refractivity contribution is -0.141. The third-order valence-corrected chi connectivity index (χ3v) is 7.03. The van der Waals surface area contributed by atoms with E-state index in [-0.39, 0.29) is 22.8 Å². The molecule has 0 bridgehead atoms. The molecular weight excluding hydrogens is 605 g/mol. The Morgan fingerprint density at radius 2 is 1.20 bits per heavy atom. The van der Waals surface area contributed by atoms with Crippen LogP contribution in [0, 0.1) is 11.9 Å². The standard InChI is InChI=1S/C34H24F5N5O2/c1-33(2,28-18-23(45-21-9-5-3-6-10-21)17-26(40-28)25-13-14-30(35)42-32(25)36)29-19-24(46-22-11-7-4-8-12-22)20-31(41-29)44-16-15-27(43-44)34(37,38)39/h3-20H,1-2H3. The lowest BCUT2D eigenvalue weighted by Crippen LogP contribution is -2.23. The summed E-state index contributed by atoms with van der Waals surface area (Å²) in [6.45, 7) is 3.57. The van der Waals surface area contributed by atoms with E-state index < -0.39 is 29.2 Å². The molecule has 0 amide bonds. The SMILES string of the molecule is CC(C)(c1cc(Oc2ccccc2)cc(-c2ccc(F)nc2F)n1)c1cc(Oc2ccccc2)cc(-n2ccc(C(F)(F)F)n2)n1. The van der Waals surface area contributed by atoms with E-state index in [9.17, 15) is 22.0 Å². The van der Waals surface area contributed by atoms with Gasteiger partial charge in [-0.05, 0) is 56.3 Å². The summed E-state index contributed by atoms with van der Waals surface area (Å²) < 4.78 is 81.9. The molecule has 6 aromatic rings. The molecule has 7 nitrogen and oxygen atoms in total. The molecule has 0 spiro atoms. The van der Waals surface area contributed by atoms with Crippen molar-refractivity contribution in [1.29, 1.82) is 0 Å². The first-order valence-corrected chi connectivity index (χ1v) is 13.9. The zero-order valence-corrected chi connectivity index (χ0v) is 24.3. The number of ether oxygens (including phenoxy) is 2. The van der Waals surface area contributed by atoms with Gasteiger partial charge < -0.3 is 9.47 Å². The molecule has 12 heteroatoms.